The molecule has 2 rings (SSSR count). The van der Waals surface area contributed by atoms with Gasteiger partial charge in [0.15, 0.2) is 0 Å². The summed E-state index contributed by atoms with van der Waals surface area (Å²) in [5.41, 5.74) is 0. The second-order valence-electron chi connectivity index (χ2n) is 6.09. The van der Waals surface area contributed by atoms with Gasteiger partial charge in [0, 0.05) is 24.0 Å². The smallest absolute Gasteiger partial charge is 0.234 e. The molecule has 1 aliphatic heterocycles. The molecule has 0 aliphatic carbocycles. The summed E-state index contributed by atoms with van der Waals surface area (Å²) >= 11 is 1.71. The Balaban J connectivity index is 1.91. The standard InChI is InChI=1S/C16H27N3OS/c1-4-7-19(13-9-17-10-13)11-15(20)18-16(12(2)3)14-6-5-8-21-14/h5-6,8,12-13,16-17H,4,7,9-11H2,1-3H3,(H,18,20). The molecular weight excluding hydrogens is 282 g/mol. The molecule has 1 aromatic rings. The van der Waals surface area contributed by atoms with Gasteiger partial charge in [0.25, 0.3) is 0 Å². The third kappa shape index (κ3) is 4.53. The van der Waals surface area contributed by atoms with E-state index in [0.717, 1.165) is 26.1 Å². The predicted molar refractivity (Wildman–Crippen MR) is 88.6 cm³/mol. The molecule has 4 nitrogen and oxygen atoms in total. The zero-order valence-corrected chi connectivity index (χ0v) is 14.1. The highest BCUT2D eigenvalue weighted by molar-refractivity contribution is 7.10. The lowest BCUT2D eigenvalue weighted by Gasteiger charge is -2.38. The van der Waals surface area contributed by atoms with Crippen molar-refractivity contribution in [3.8, 4) is 0 Å². The molecule has 5 heteroatoms. The molecular formula is C16H27N3OS. The molecule has 0 radical (unpaired) electrons. The van der Waals surface area contributed by atoms with Gasteiger partial charge in [-0.05, 0) is 30.3 Å². The molecule has 0 bridgehead atoms. The third-order valence-corrected chi connectivity index (χ3v) is 4.92. The van der Waals surface area contributed by atoms with Gasteiger partial charge < -0.3 is 10.6 Å². The summed E-state index contributed by atoms with van der Waals surface area (Å²) in [6.07, 6.45) is 1.09. The van der Waals surface area contributed by atoms with Crippen molar-refractivity contribution in [3.05, 3.63) is 22.4 Å². The molecule has 2 N–H and O–H groups in total. The van der Waals surface area contributed by atoms with E-state index in [1.165, 1.54) is 4.88 Å². The summed E-state index contributed by atoms with van der Waals surface area (Å²) in [4.78, 5) is 16.0. The van der Waals surface area contributed by atoms with Crippen molar-refractivity contribution < 1.29 is 4.79 Å². The summed E-state index contributed by atoms with van der Waals surface area (Å²) in [5.74, 6) is 0.542. The molecule has 1 aliphatic rings. The first-order valence-corrected chi connectivity index (χ1v) is 8.77. The Morgan fingerprint density at radius 2 is 2.29 bits per heavy atom. The number of amides is 1. The van der Waals surface area contributed by atoms with Crippen LogP contribution in [0, 0.1) is 5.92 Å². The van der Waals surface area contributed by atoms with Crippen LogP contribution in [0.15, 0.2) is 17.5 Å². The number of thiophene rings is 1. The normalized spacial score (nSPS) is 17.0. The maximum atomic E-state index is 12.4. The third-order valence-electron chi connectivity index (χ3n) is 3.97. The Morgan fingerprint density at radius 1 is 1.52 bits per heavy atom. The first kappa shape index (κ1) is 16.5. The fourth-order valence-corrected chi connectivity index (χ4v) is 3.60. The first-order valence-electron chi connectivity index (χ1n) is 7.89. The lowest BCUT2D eigenvalue weighted by Crippen LogP contribution is -2.59. The summed E-state index contributed by atoms with van der Waals surface area (Å²) in [5, 5.41) is 8.57. The predicted octanol–water partition coefficient (Wildman–Crippen LogP) is 2.25. The number of rotatable bonds is 8. The van der Waals surface area contributed by atoms with Crippen molar-refractivity contribution >= 4 is 17.2 Å². The lowest BCUT2D eigenvalue weighted by atomic mass is 10.0. The Bertz CT molecular complexity index is 429. The Kier molecular flexibility index (Phi) is 6.21. The Labute approximate surface area is 131 Å². The van der Waals surface area contributed by atoms with E-state index >= 15 is 0 Å². The molecule has 1 fully saturated rings. The van der Waals surface area contributed by atoms with Gasteiger partial charge in [-0.1, -0.05) is 26.8 Å². The highest BCUT2D eigenvalue weighted by Crippen LogP contribution is 2.25. The topological polar surface area (TPSA) is 44.4 Å². The molecule has 21 heavy (non-hydrogen) atoms. The van der Waals surface area contributed by atoms with Crippen LogP contribution in [-0.4, -0.2) is 43.0 Å². The number of nitrogens with zero attached hydrogens (tertiary/aromatic N) is 1. The fourth-order valence-electron chi connectivity index (χ4n) is 2.65. The van der Waals surface area contributed by atoms with Crippen molar-refractivity contribution in [3.63, 3.8) is 0 Å². The molecule has 2 heterocycles. The maximum absolute atomic E-state index is 12.4. The van der Waals surface area contributed by atoms with Gasteiger partial charge in [-0.15, -0.1) is 11.3 Å². The van der Waals surface area contributed by atoms with Crippen molar-refractivity contribution in [1.82, 2.24) is 15.5 Å². The van der Waals surface area contributed by atoms with Gasteiger partial charge in [0.2, 0.25) is 5.91 Å². The zero-order valence-electron chi connectivity index (χ0n) is 13.3. The van der Waals surface area contributed by atoms with Crippen LogP contribution in [-0.2, 0) is 4.79 Å². The second-order valence-corrected chi connectivity index (χ2v) is 7.07. The SMILES string of the molecule is CCCN(CC(=O)NC(c1cccs1)C(C)C)C1CNC1. The maximum Gasteiger partial charge on any atom is 0.234 e. The average Bonchev–Trinajstić information content (AvgIpc) is 2.87. The molecule has 1 unspecified atom stereocenters. The Hall–Kier alpha value is -0.910. The van der Waals surface area contributed by atoms with Gasteiger partial charge in [-0.25, -0.2) is 0 Å². The molecule has 0 saturated carbocycles. The van der Waals surface area contributed by atoms with Crippen molar-refractivity contribution in [2.24, 2.45) is 5.92 Å². The van der Waals surface area contributed by atoms with Crippen LogP contribution in [0.3, 0.4) is 0 Å². The monoisotopic (exact) mass is 309 g/mol. The fraction of sp³-hybridized carbons (Fsp3) is 0.688. The van der Waals surface area contributed by atoms with E-state index in [1.807, 2.05) is 6.07 Å². The molecule has 0 spiro atoms. The number of hydrogen-bond donors (Lipinski definition) is 2. The molecule has 0 aromatic carbocycles. The highest BCUT2D eigenvalue weighted by atomic mass is 32.1. The van der Waals surface area contributed by atoms with Crippen LogP contribution in [0.1, 0.15) is 38.1 Å². The van der Waals surface area contributed by atoms with E-state index in [-0.39, 0.29) is 11.9 Å². The van der Waals surface area contributed by atoms with Crippen LogP contribution in [0.4, 0.5) is 0 Å². The van der Waals surface area contributed by atoms with E-state index in [4.69, 9.17) is 0 Å². The van der Waals surface area contributed by atoms with E-state index in [9.17, 15) is 4.79 Å². The van der Waals surface area contributed by atoms with Crippen molar-refractivity contribution in [2.75, 3.05) is 26.2 Å². The number of hydrogen-bond acceptors (Lipinski definition) is 4. The van der Waals surface area contributed by atoms with Gasteiger partial charge in [0.1, 0.15) is 0 Å². The summed E-state index contributed by atoms with van der Waals surface area (Å²) in [6, 6.07) is 4.80. The molecule has 1 aromatic heterocycles. The van der Waals surface area contributed by atoms with Crippen LogP contribution < -0.4 is 10.6 Å². The minimum absolute atomic E-state index is 0.125. The summed E-state index contributed by atoms with van der Waals surface area (Å²) < 4.78 is 0. The largest absolute Gasteiger partial charge is 0.347 e. The van der Waals surface area contributed by atoms with E-state index in [1.54, 1.807) is 11.3 Å². The quantitative estimate of drug-likeness (QED) is 0.774. The zero-order chi connectivity index (χ0) is 15.2. The van der Waals surface area contributed by atoms with Crippen LogP contribution in [0.2, 0.25) is 0 Å². The number of carbonyl (C=O) groups is 1. The summed E-state index contributed by atoms with van der Waals surface area (Å²) in [7, 11) is 0. The molecule has 1 amide bonds. The summed E-state index contributed by atoms with van der Waals surface area (Å²) in [6.45, 7) is 9.99. The molecule has 1 saturated heterocycles. The molecule has 1 atom stereocenters. The number of nitrogens with one attached hydrogen (secondary N) is 2. The second kappa shape index (κ2) is 7.92. The lowest BCUT2D eigenvalue weighted by molar-refractivity contribution is -0.124. The van der Waals surface area contributed by atoms with Crippen LogP contribution in [0.5, 0.6) is 0 Å². The minimum atomic E-state index is 0.125. The number of carbonyl (C=O) groups excluding carboxylic acids is 1. The van der Waals surface area contributed by atoms with Crippen LogP contribution in [0.25, 0.3) is 0 Å². The minimum Gasteiger partial charge on any atom is -0.347 e. The van der Waals surface area contributed by atoms with Crippen molar-refractivity contribution in [1.29, 1.82) is 0 Å². The van der Waals surface area contributed by atoms with Gasteiger partial charge in [0.05, 0.1) is 12.6 Å². The van der Waals surface area contributed by atoms with E-state index in [0.29, 0.717) is 18.5 Å². The Morgan fingerprint density at radius 3 is 2.76 bits per heavy atom. The van der Waals surface area contributed by atoms with Gasteiger partial charge in [-0.2, -0.15) is 0 Å². The van der Waals surface area contributed by atoms with Crippen LogP contribution >= 0.6 is 11.3 Å². The first-order chi connectivity index (χ1) is 10.1. The van der Waals surface area contributed by atoms with E-state index in [2.05, 4.69) is 47.8 Å². The average molecular weight is 309 g/mol. The van der Waals surface area contributed by atoms with Gasteiger partial charge in [-0.3, -0.25) is 9.69 Å². The van der Waals surface area contributed by atoms with Gasteiger partial charge >= 0.3 is 0 Å². The van der Waals surface area contributed by atoms with E-state index < -0.39 is 0 Å². The molecule has 118 valence electrons. The van der Waals surface area contributed by atoms with Crippen molar-refractivity contribution in [2.45, 2.75) is 39.3 Å². The highest BCUT2D eigenvalue weighted by Gasteiger charge is 2.27.